The number of hydrogen-bond donors (Lipinski definition) is 0. The van der Waals surface area contributed by atoms with Gasteiger partial charge >= 0.3 is 0 Å². The Hall–Kier alpha value is -1.14. The zero-order valence-corrected chi connectivity index (χ0v) is 15.4. The molecule has 2 nitrogen and oxygen atoms in total. The van der Waals surface area contributed by atoms with Gasteiger partial charge in [-0.25, -0.2) is 0 Å². The number of nitrogens with zero attached hydrogens (tertiary/aromatic N) is 1. The third kappa shape index (κ3) is 3.93. The molecule has 1 heterocycles. The van der Waals surface area contributed by atoms with Crippen molar-refractivity contribution in [3.63, 3.8) is 0 Å². The van der Waals surface area contributed by atoms with Crippen LogP contribution in [0.25, 0.3) is 5.57 Å². The summed E-state index contributed by atoms with van der Waals surface area (Å²) in [6.45, 7) is 13.9. The lowest BCUT2D eigenvalue weighted by Crippen LogP contribution is -2.29. The quantitative estimate of drug-likeness (QED) is 0.546. The van der Waals surface area contributed by atoms with Crippen LogP contribution < -0.4 is 0 Å². The van der Waals surface area contributed by atoms with Crippen LogP contribution in [0.5, 0.6) is 0 Å². The lowest BCUT2D eigenvalue weighted by atomic mass is 10.1. The van der Waals surface area contributed by atoms with E-state index in [1.807, 2.05) is 12.3 Å². The minimum Gasteiger partial charge on any atom is -0.547 e. The maximum Gasteiger partial charge on any atom is 0.241 e. The summed E-state index contributed by atoms with van der Waals surface area (Å²) in [6.07, 6.45) is 1.99. The molecule has 0 aliphatic carbocycles. The highest BCUT2D eigenvalue weighted by molar-refractivity contribution is 6.77. The van der Waals surface area contributed by atoms with Crippen LogP contribution in [-0.4, -0.2) is 22.6 Å². The standard InChI is InChI=1S/C16H25NOSi2/c1-19(2,3)12-16(18-20(4,5)6)14-11-17-15-10-8-7-9-13(14)15/h7-11H,12H2,1-6H3/b16-14-. The number of allylic oxidation sites excluding steroid dienone is 2. The normalized spacial score (nSPS) is 17.1. The maximum atomic E-state index is 6.42. The summed E-state index contributed by atoms with van der Waals surface area (Å²) in [6, 6.07) is 9.41. The fourth-order valence-electron chi connectivity index (χ4n) is 2.28. The first-order valence-corrected chi connectivity index (χ1v) is 14.3. The van der Waals surface area contributed by atoms with Crippen molar-refractivity contribution >= 4 is 33.9 Å². The van der Waals surface area contributed by atoms with Gasteiger partial charge in [0.05, 0.1) is 19.5 Å². The van der Waals surface area contributed by atoms with E-state index in [4.69, 9.17) is 4.43 Å². The minimum absolute atomic E-state index is 1.06. The molecule has 1 aromatic carbocycles. The summed E-state index contributed by atoms with van der Waals surface area (Å²) in [4.78, 5) is 4.53. The average Bonchev–Trinajstić information content (AvgIpc) is 2.67. The predicted molar refractivity (Wildman–Crippen MR) is 94.1 cm³/mol. The van der Waals surface area contributed by atoms with Crippen LogP contribution in [0.2, 0.25) is 45.3 Å². The third-order valence-electron chi connectivity index (χ3n) is 2.95. The molecule has 0 saturated carbocycles. The Balaban J connectivity index is 2.46. The van der Waals surface area contributed by atoms with Crippen LogP contribution in [0.3, 0.4) is 0 Å². The topological polar surface area (TPSA) is 21.6 Å². The molecule has 108 valence electrons. The number of hydrogen-bond acceptors (Lipinski definition) is 2. The van der Waals surface area contributed by atoms with Crippen molar-refractivity contribution in [2.75, 3.05) is 0 Å². The van der Waals surface area contributed by atoms with Gasteiger partial charge in [-0.05, 0) is 31.8 Å². The monoisotopic (exact) mass is 303 g/mol. The van der Waals surface area contributed by atoms with Crippen molar-refractivity contribution in [1.82, 2.24) is 0 Å². The van der Waals surface area contributed by atoms with Crippen molar-refractivity contribution in [1.29, 1.82) is 0 Å². The molecule has 4 heteroatoms. The molecule has 0 aromatic heterocycles. The molecule has 0 unspecified atom stereocenters. The third-order valence-corrected chi connectivity index (χ3v) is 5.19. The van der Waals surface area contributed by atoms with E-state index >= 15 is 0 Å². The molecule has 1 aromatic rings. The van der Waals surface area contributed by atoms with E-state index in [9.17, 15) is 0 Å². The number of para-hydroxylation sites is 1. The van der Waals surface area contributed by atoms with Gasteiger partial charge in [-0.2, -0.15) is 0 Å². The first-order valence-electron chi connectivity index (χ1n) is 7.21. The molecule has 0 amide bonds. The SMILES string of the molecule is C[Si](C)(C)C/C(O[Si](C)(C)C)=C1\C=Nc2ccccc21. The van der Waals surface area contributed by atoms with Crippen molar-refractivity contribution in [2.24, 2.45) is 4.99 Å². The first-order chi connectivity index (χ1) is 9.16. The van der Waals surface area contributed by atoms with Crippen LogP contribution in [0.1, 0.15) is 5.56 Å². The zero-order chi connectivity index (χ0) is 15.0. The Labute approximate surface area is 124 Å². The van der Waals surface area contributed by atoms with Crippen LogP contribution in [-0.2, 0) is 4.43 Å². The minimum atomic E-state index is -1.61. The number of aliphatic imine (C=N–C) groups is 1. The number of fused-ring (bicyclic) bond motifs is 1. The Morgan fingerprint density at radius 1 is 1.05 bits per heavy atom. The lowest BCUT2D eigenvalue weighted by molar-refractivity contribution is 0.426. The molecule has 1 aliphatic heterocycles. The maximum absolute atomic E-state index is 6.42. The van der Waals surface area contributed by atoms with Crippen LogP contribution in [0.4, 0.5) is 5.69 Å². The summed E-state index contributed by atoms with van der Waals surface area (Å²) in [5.74, 6) is 1.16. The average molecular weight is 304 g/mol. The fraction of sp³-hybridized carbons (Fsp3) is 0.438. The molecular formula is C16H25NOSi2. The van der Waals surface area contributed by atoms with Gasteiger partial charge in [0.1, 0.15) is 0 Å². The Morgan fingerprint density at radius 2 is 1.70 bits per heavy atom. The highest BCUT2D eigenvalue weighted by atomic mass is 28.4. The van der Waals surface area contributed by atoms with Crippen molar-refractivity contribution in [3.8, 4) is 0 Å². The van der Waals surface area contributed by atoms with Gasteiger partial charge < -0.3 is 4.43 Å². The molecule has 0 radical (unpaired) electrons. The summed E-state index contributed by atoms with van der Waals surface area (Å²) in [7, 11) is -2.84. The van der Waals surface area contributed by atoms with Gasteiger partial charge in [-0.3, -0.25) is 4.99 Å². The summed E-state index contributed by atoms with van der Waals surface area (Å²) in [5.41, 5.74) is 3.49. The number of benzene rings is 1. The predicted octanol–water partition coefficient (Wildman–Crippen LogP) is 5.30. The second kappa shape index (κ2) is 5.33. The van der Waals surface area contributed by atoms with E-state index in [0.717, 1.165) is 17.5 Å². The fourth-order valence-corrected chi connectivity index (χ4v) is 4.57. The van der Waals surface area contributed by atoms with Gasteiger partial charge in [0, 0.05) is 17.4 Å². The Bertz CT molecular complexity index is 545. The highest BCUT2D eigenvalue weighted by Crippen LogP contribution is 2.36. The van der Waals surface area contributed by atoms with Crippen molar-refractivity contribution < 1.29 is 4.43 Å². The van der Waals surface area contributed by atoms with Gasteiger partial charge in [0.15, 0.2) is 0 Å². The summed E-state index contributed by atoms with van der Waals surface area (Å²) >= 11 is 0. The van der Waals surface area contributed by atoms with E-state index in [-0.39, 0.29) is 0 Å². The zero-order valence-electron chi connectivity index (χ0n) is 13.4. The molecule has 0 bridgehead atoms. The molecule has 0 saturated heterocycles. The van der Waals surface area contributed by atoms with E-state index in [0.29, 0.717) is 0 Å². The van der Waals surface area contributed by atoms with E-state index < -0.39 is 16.4 Å². The van der Waals surface area contributed by atoms with Crippen LogP contribution in [0.15, 0.2) is 35.0 Å². The second-order valence-corrected chi connectivity index (χ2v) is 17.5. The van der Waals surface area contributed by atoms with Gasteiger partial charge in [-0.1, -0.05) is 37.8 Å². The molecule has 20 heavy (non-hydrogen) atoms. The molecule has 0 spiro atoms. The molecule has 0 atom stereocenters. The van der Waals surface area contributed by atoms with E-state index in [2.05, 4.69) is 62.5 Å². The highest BCUT2D eigenvalue weighted by Gasteiger charge is 2.27. The van der Waals surface area contributed by atoms with Gasteiger partial charge in [0.2, 0.25) is 8.32 Å². The summed E-state index contributed by atoms with van der Waals surface area (Å²) < 4.78 is 6.42. The van der Waals surface area contributed by atoms with E-state index in [1.165, 1.54) is 11.1 Å². The molecule has 0 N–H and O–H groups in total. The Morgan fingerprint density at radius 3 is 2.30 bits per heavy atom. The van der Waals surface area contributed by atoms with Crippen LogP contribution in [0, 0.1) is 0 Å². The first kappa shape index (κ1) is 15.3. The van der Waals surface area contributed by atoms with Crippen molar-refractivity contribution in [2.45, 2.75) is 45.3 Å². The van der Waals surface area contributed by atoms with E-state index in [1.54, 1.807) is 0 Å². The summed E-state index contributed by atoms with van der Waals surface area (Å²) in [5, 5.41) is 0. The second-order valence-electron chi connectivity index (χ2n) is 7.56. The van der Waals surface area contributed by atoms with Gasteiger partial charge in [0.25, 0.3) is 0 Å². The van der Waals surface area contributed by atoms with Gasteiger partial charge in [-0.15, -0.1) is 0 Å². The molecule has 2 rings (SSSR count). The number of rotatable bonds is 4. The smallest absolute Gasteiger partial charge is 0.241 e. The Kier molecular flexibility index (Phi) is 4.07. The lowest BCUT2D eigenvalue weighted by Gasteiger charge is -2.27. The van der Waals surface area contributed by atoms with Crippen LogP contribution >= 0.6 is 0 Å². The largest absolute Gasteiger partial charge is 0.547 e. The molecule has 1 aliphatic rings. The molecule has 0 fully saturated rings. The van der Waals surface area contributed by atoms with Crippen molar-refractivity contribution in [3.05, 3.63) is 35.6 Å². The molecular weight excluding hydrogens is 278 g/mol.